The van der Waals surface area contributed by atoms with Gasteiger partial charge in [-0.2, -0.15) is 0 Å². The van der Waals surface area contributed by atoms with Crippen molar-refractivity contribution in [2.75, 3.05) is 0 Å². The van der Waals surface area contributed by atoms with Crippen LogP contribution in [0.2, 0.25) is 0 Å². The Bertz CT molecular complexity index is 560. The number of hydrazine groups is 1. The quantitative estimate of drug-likeness (QED) is 0.674. The second-order valence-electron chi connectivity index (χ2n) is 3.79. The summed E-state index contributed by atoms with van der Waals surface area (Å²) in [6.45, 7) is 0. The van der Waals surface area contributed by atoms with Gasteiger partial charge in [-0.3, -0.25) is 5.84 Å². The standard InChI is InChI=1S/C13H11BrF2N2/c14-10-6-5-8(7-12(10)16)13(18-17)9-3-1-2-4-11(9)15/h1-7,13,18H,17H2. The van der Waals surface area contributed by atoms with E-state index in [2.05, 4.69) is 21.4 Å². The molecule has 0 amide bonds. The van der Waals surface area contributed by atoms with Crippen LogP contribution in [-0.4, -0.2) is 0 Å². The predicted molar refractivity (Wildman–Crippen MR) is 69.7 cm³/mol. The molecule has 5 heteroatoms. The van der Waals surface area contributed by atoms with E-state index in [9.17, 15) is 8.78 Å². The third-order valence-electron chi connectivity index (χ3n) is 2.66. The van der Waals surface area contributed by atoms with E-state index in [1.807, 2.05) is 0 Å². The van der Waals surface area contributed by atoms with Crippen LogP contribution in [0.4, 0.5) is 8.78 Å². The number of hydrogen-bond acceptors (Lipinski definition) is 2. The van der Waals surface area contributed by atoms with Crippen LogP contribution in [0.1, 0.15) is 17.2 Å². The molecule has 0 radical (unpaired) electrons. The normalized spacial score (nSPS) is 12.4. The van der Waals surface area contributed by atoms with Crippen LogP contribution in [0.25, 0.3) is 0 Å². The van der Waals surface area contributed by atoms with Crippen LogP contribution >= 0.6 is 15.9 Å². The Morgan fingerprint density at radius 2 is 1.78 bits per heavy atom. The smallest absolute Gasteiger partial charge is 0.137 e. The fraction of sp³-hybridized carbons (Fsp3) is 0.0769. The zero-order chi connectivity index (χ0) is 13.1. The fourth-order valence-electron chi connectivity index (χ4n) is 1.77. The van der Waals surface area contributed by atoms with Gasteiger partial charge in [0.2, 0.25) is 0 Å². The highest BCUT2D eigenvalue weighted by Crippen LogP contribution is 2.26. The maximum Gasteiger partial charge on any atom is 0.137 e. The van der Waals surface area contributed by atoms with Gasteiger partial charge in [0, 0.05) is 5.56 Å². The molecule has 94 valence electrons. The minimum atomic E-state index is -0.589. The minimum absolute atomic E-state index is 0.357. The van der Waals surface area contributed by atoms with Crippen molar-refractivity contribution < 1.29 is 8.78 Å². The molecule has 2 aromatic rings. The van der Waals surface area contributed by atoms with E-state index in [4.69, 9.17) is 5.84 Å². The van der Waals surface area contributed by atoms with Gasteiger partial charge in [-0.15, -0.1) is 0 Å². The Hall–Kier alpha value is -1.30. The van der Waals surface area contributed by atoms with Gasteiger partial charge < -0.3 is 0 Å². The highest BCUT2D eigenvalue weighted by Gasteiger charge is 2.17. The molecule has 0 bridgehead atoms. The Labute approximate surface area is 112 Å². The number of hydrogen-bond donors (Lipinski definition) is 2. The maximum atomic E-state index is 13.7. The molecule has 2 aromatic carbocycles. The first-order valence-corrected chi connectivity index (χ1v) is 6.08. The molecule has 1 atom stereocenters. The molecule has 0 aliphatic carbocycles. The van der Waals surface area contributed by atoms with Crippen LogP contribution in [0.5, 0.6) is 0 Å². The fourth-order valence-corrected chi connectivity index (χ4v) is 2.01. The summed E-state index contributed by atoms with van der Waals surface area (Å²) >= 11 is 3.07. The Kier molecular flexibility index (Phi) is 4.06. The maximum absolute atomic E-state index is 13.7. The average molecular weight is 313 g/mol. The second-order valence-corrected chi connectivity index (χ2v) is 4.65. The molecule has 0 heterocycles. The molecular formula is C13H11BrF2N2. The molecule has 0 saturated carbocycles. The van der Waals surface area contributed by atoms with E-state index in [-0.39, 0.29) is 5.82 Å². The van der Waals surface area contributed by atoms with Crippen LogP contribution in [0.15, 0.2) is 46.9 Å². The molecular weight excluding hydrogens is 302 g/mol. The van der Waals surface area contributed by atoms with E-state index in [0.29, 0.717) is 15.6 Å². The Balaban J connectivity index is 2.45. The summed E-state index contributed by atoms with van der Waals surface area (Å²) in [6, 6.07) is 10.2. The van der Waals surface area contributed by atoms with E-state index in [0.717, 1.165) is 0 Å². The highest BCUT2D eigenvalue weighted by molar-refractivity contribution is 9.10. The van der Waals surface area contributed by atoms with E-state index < -0.39 is 11.9 Å². The van der Waals surface area contributed by atoms with Crippen LogP contribution in [-0.2, 0) is 0 Å². The Morgan fingerprint density at radius 3 is 2.39 bits per heavy atom. The van der Waals surface area contributed by atoms with E-state index in [1.165, 1.54) is 12.1 Å². The molecule has 0 aliphatic rings. The molecule has 2 rings (SSSR count). The van der Waals surface area contributed by atoms with Crippen molar-refractivity contribution in [3.8, 4) is 0 Å². The summed E-state index contributed by atoms with van der Waals surface area (Å²) in [7, 11) is 0. The summed E-state index contributed by atoms with van der Waals surface area (Å²) in [5.74, 6) is 4.64. The first-order valence-electron chi connectivity index (χ1n) is 5.29. The lowest BCUT2D eigenvalue weighted by atomic mass is 9.99. The molecule has 0 saturated heterocycles. The summed E-state index contributed by atoms with van der Waals surface area (Å²) in [5, 5.41) is 0. The highest BCUT2D eigenvalue weighted by atomic mass is 79.9. The molecule has 3 N–H and O–H groups in total. The lowest BCUT2D eigenvalue weighted by Crippen LogP contribution is -2.29. The SMILES string of the molecule is NNC(c1ccc(Br)c(F)c1)c1ccccc1F. The van der Waals surface area contributed by atoms with Gasteiger partial charge in [-0.05, 0) is 39.7 Å². The van der Waals surface area contributed by atoms with Crippen molar-refractivity contribution in [3.05, 3.63) is 69.7 Å². The first kappa shape index (κ1) is 13.1. The van der Waals surface area contributed by atoms with Gasteiger partial charge in [0.15, 0.2) is 0 Å². The van der Waals surface area contributed by atoms with Crippen molar-refractivity contribution in [3.63, 3.8) is 0 Å². The number of benzene rings is 2. The van der Waals surface area contributed by atoms with E-state index >= 15 is 0 Å². The number of nitrogens with one attached hydrogen (secondary N) is 1. The van der Waals surface area contributed by atoms with Crippen molar-refractivity contribution in [1.82, 2.24) is 5.43 Å². The van der Waals surface area contributed by atoms with Crippen molar-refractivity contribution in [2.45, 2.75) is 6.04 Å². The Morgan fingerprint density at radius 1 is 1.06 bits per heavy atom. The third-order valence-corrected chi connectivity index (χ3v) is 3.30. The second kappa shape index (κ2) is 5.56. The van der Waals surface area contributed by atoms with Gasteiger partial charge in [-0.1, -0.05) is 24.3 Å². The van der Waals surface area contributed by atoms with Crippen LogP contribution < -0.4 is 11.3 Å². The van der Waals surface area contributed by atoms with Crippen molar-refractivity contribution >= 4 is 15.9 Å². The molecule has 0 aromatic heterocycles. The third kappa shape index (κ3) is 2.58. The zero-order valence-electron chi connectivity index (χ0n) is 9.33. The van der Waals surface area contributed by atoms with Crippen molar-refractivity contribution in [1.29, 1.82) is 0 Å². The molecule has 1 unspecified atom stereocenters. The molecule has 0 fully saturated rings. The lowest BCUT2D eigenvalue weighted by Gasteiger charge is -2.17. The first-order chi connectivity index (χ1) is 8.63. The molecule has 0 spiro atoms. The number of nitrogens with two attached hydrogens (primary N) is 1. The topological polar surface area (TPSA) is 38.0 Å². The number of halogens is 3. The largest absolute Gasteiger partial charge is 0.271 e. The minimum Gasteiger partial charge on any atom is -0.271 e. The summed E-state index contributed by atoms with van der Waals surface area (Å²) < 4.78 is 27.5. The summed E-state index contributed by atoms with van der Waals surface area (Å²) in [5.41, 5.74) is 3.44. The van der Waals surface area contributed by atoms with Gasteiger partial charge in [0.05, 0.1) is 10.5 Å². The van der Waals surface area contributed by atoms with Gasteiger partial charge in [-0.25, -0.2) is 14.2 Å². The zero-order valence-corrected chi connectivity index (χ0v) is 10.9. The van der Waals surface area contributed by atoms with E-state index in [1.54, 1.807) is 30.3 Å². The molecule has 18 heavy (non-hydrogen) atoms. The lowest BCUT2D eigenvalue weighted by molar-refractivity contribution is 0.555. The summed E-state index contributed by atoms with van der Waals surface area (Å²) in [4.78, 5) is 0. The van der Waals surface area contributed by atoms with Gasteiger partial charge >= 0.3 is 0 Å². The van der Waals surface area contributed by atoms with Gasteiger partial charge in [0.25, 0.3) is 0 Å². The predicted octanol–water partition coefficient (Wildman–Crippen LogP) is 3.28. The molecule has 0 aliphatic heterocycles. The monoisotopic (exact) mass is 312 g/mol. The van der Waals surface area contributed by atoms with Crippen molar-refractivity contribution in [2.24, 2.45) is 5.84 Å². The molecule has 2 nitrogen and oxygen atoms in total. The summed E-state index contributed by atoms with van der Waals surface area (Å²) in [6.07, 6.45) is 0. The van der Waals surface area contributed by atoms with Crippen LogP contribution in [0.3, 0.4) is 0 Å². The average Bonchev–Trinajstić information content (AvgIpc) is 2.37. The number of rotatable bonds is 3. The van der Waals surface area contributed by atoms with Crippen LogP contribution in [0, 0.1) is 11.6 Å². The van der Waals surface area contributed by atoms with Gasteiger partial charge in [0.1, 0.15) is 11.6 Å².